The van der Waals surface area contributed by atoms with Gasteiger partial charge < -0.3 is 9.84 Å². The number of hydrogen-bond acceptors (Lipinski definition) is 2. The molecule has 0 aromatic heterocycles. The smallest absolute Gasteiger partial charge is 0.339 e. The molecule has 1 rings (SSSR count). The third kappa shape index (κ3) is 3.52. The summed E-state index contributed by atoms with van der Waals surface area (Å²) in [5.74, 6) is -0.123. The minimum atomic E-state index is -0.972. The molecule has 4 heteroatoms. The predicted molar refractivity (Wildman–Crippen MR) is 66.1 cm³/mol. The van der Waals surface area contributed by atoms with E-state index in [9.17, 15) is 4.79 Å². The minimum Gasteiger partial charge on any atom is -0.492 e. The summed E-state index contributed by atoms with van der Waals surface area (Å²) < 4.78 is 6.24. The second-order valence-electron chi connectivity index (χ2n) is 3.77. The number of benzene rings is 1. The Balaban J connectivity index is 2.82. The molecule has 1 aromatic carbocycles. The number of aromatic carboxylic acids is 1. The molecule has 1 unspecified atom stereocenters. The standard InChI is InChI=1S/C12H15BrO3/c1-3-8(2)7-16-11-5-4-9(13)6-10(11)12(14)15/h4-6,8H,3,7H2,1-2H3,(H,14,15). The zero-order chi connectivity index (χ0) is 12.1. The molecule has 88 valence electrons. The average Bonchev–Trinajstić information content (AvgIpc) is 2.26. The number of rotatable bonds is 5. The van der Waals surface area contributed by atoms with Crippen molar-refractivity contribution in [1.82, 2.24) is 0 Å². The molecule has 1 N–H and O–H groups in total. The van der Waals surface area contributed by atoms with Crippen LogP contribution in [0.2, 0.25) is 0 Å². The normalized spacial score (nSPS) is 12.2. The fraction of sp³-hybridized carbons (Fsp3) is 0.417. The van der Waals surface area contributed by atoms with Gasteiger partial charge in [-0.05, 0) is 24.1 Å². The Kier molecular flexibility index (Phi) is 4.80. The molecule has 0 fully saturated rings. The van der Waals surface area contributed by atoms with Crippen molar-refractivity contribution in [1.29, 1.82) is 0 Å². The van der Waals surface area contributed by atoms with E-state index >= 15 is 0 Å². The van der Waals surface area contributed by atoms with Crippen LogP contribution in [-0.2, 0) is 0 Å². The summed E-state index contributed by atoms with van der Waals surface area (Å²) in [4.78, 5) is 11.0. The van der Waals surface area contributed by atoms with Gasteiger partial charge in [-0.2, -0.15) is 0 Å². The Morgan fingerprint density at radius 1 is 1.56 bits per heavy atom. The van der Waals surface area contributed by atoms with E-state index in [1.54, 1.807) is 18.2 Å². The van der Waals surface area contributed by atoms with Crippen LogP contribution in [0.15, 0.2) is 22.7 Å². The lowest BCUT2D eigenvalue weighted by molar-refractivity contribution is 0.0691. The van der Waals surface area contributed by atoms with E-state index in [2.05, 4.69) is 29.8 Å². The maximum atomic E-state index is 11.0. The third-order valence-electron chi connectivity index (χ3n) is 2.39. The molecule has 0 saturated carbocycles. The molecule has 0 bridgehead atoms. The third-order valence-corrected chi connectivity index (χ3v) is 2.89. The number of hydrogen-bond donors (Lipinski definition) is 1. The molecule has 0 saturated heterocycles. The van der Waals surface area contributed by atoms with Gasteiger partial charge in [-0.25, -0.2) is 4.79 Å². The van der Waals surface area contributed by atoms with Crippen LogP contribution in [0.4, 0.5) is 0 Å². The molecule has 16 heavy (non-hydrogen) atoms. The molecular formula is C12H15BrO3. The maximum Gasteiger partial charge on any atom is 0.339 e. The number of halogens is 1. The van der Waals surface area contributed by atoms with Gasteiger partial charge in [-0.1, -0.05) is 36.2 Å². The highest BCUT2D eigenvalue weighted by atomic mass is 79.9. The van der Waals surface area contributed by atoms with Crippen molar-refractivity contribution in [3.63, 3.8) is 0 Å². The van der Waals surface area contributed by atoms with Crippen molar-refractivity contribution in [2.45, 2.75) is 20.3 Å². The minimum absolute atomic E-state index is 0.192. The molecule has 0 aliphatic carbocycles. The van der Waals surface area contributed by atoms with Crippen LogP contribution < -0.4 is 4.74 Å². The number of carboxylic acids is 1. The van der Waals surface area contributed by atoms with Crippen LogP contribution in [0.5, 0.6) is 5.75 Å². The first kappa shape index (κ1) is 13.0. The van der Waals surface area contributed by atoms with Gasteiger partial charge in [0.1, 0.15) is 11.3 Å². The molecule has 1 atom stereocenters. The first-order valence-corrected chi connectivity index (χ1v) is 5.99. The van der Waals surface area contributed by atoms with Crippen molar-refractivity contribution in [2.75, 3.05) is 6.61 Å². The van der Waals surface area contributed by atoms with Gasteiger partial charge in [0.2, 0.25) is 0 Å². The molecule has 0 spiro atoms. The van der Waals surface area contributed by atoms with Gasteiger partial charge in [0.05, 0.1) is 6.61 Å². The van der Waals surface area contributed by atoms with Crippen LogP contribution in [0.25, 0.3) is 0 Å². The van der Waals surface area contributed by atoms with Gasteiger partial charge in [0.25, 0.3) is 0 Å². The predicted octanol–water partition coefficient (Wildman–Crippen LogP) is 3.57. The highest BCUT2D eigenvalue weighted by Crippen LogP contribution is 2.23. The van der Waals surface area contributed by atoms with Gasteiger partial charge >= 0.3 is 5.97 Å². The quantitative estimate of drug-likeness (QED) is 0.900. The maximum absolute atomic E-state index is 11.0. The summed E-state index contributed by atoms with van der Waals surface area (Å²) in [6.07, 6.45) is 1.01. The fourth-order valence-electron chi connectivity index (χ4n) is 1.15. The molecule has 3 nitrogen and oxygen atoms in total. The van der Waals surface area contributed by atoms with Crippen LogP contribution in [-0.4, -0.2) is 17.7 Å². The van der Waals surface area contributed by atoms with Gasteiger partial charge in [0, 0.05) is 4.47 Å². The Morgan fingerprint density at radius 3 is 2.81 bits per heavy atom. The van der Waals surface area contributed by atoms with Crippen molar-refractivity contribution in [3.8, 4) is 5.75 Å². The molecule has 0 aliphatic heterocycles. The van der Waals surface area contributed by atoms with Gasteiger partial charge in [0.15, 0.2) is 0 Å². The lowest BCUT2D eigenvalue weighted by atomic mass is 10.1. The van der Waals surface area contributed by atoms with E-state index in [1.165, 1.54) is 0 Å². The van der Waals surface area contributed by atoms with Crippen LogP contribution in [0.1, 0.15) is 30.6 Å². The van der Waals surface area contributed by atoms with Crippen LogP contribution >= 0.6 is 15.9 Å². The summed E-state index contributed by atoms with van der Waals surface area (Å²) in [6, 6.07) is 5.00. The molecule has 0 aliphatic rings. The Bertz CT molecular complexity index is 377. The van der Waals surface area contributed by atoms with E-state index < -0.39 is 5.97 Å². The van der Waals surface area contributed by atoms with Crippen LogP contribution in [0, 0.1) is 5.92 Å². The first-order chi connectivity index (χ1) is 7.54. The van der Waals surface area contributed by atoms with Gasteiger partial charge in [-0.3, -0.25) is 0 Å². The molecule has 1 aromatic rings. The van der Waals surface area contributed by atoms with Crippen molar-refractivity contribution < 1.29 is 14.6 Å². The summed E-state index contributed by atoms with van der Waals surface area (Å²) >= 11 is 3.24. The first-order valence-electron chi connectivity index (χ1n) is 5.20. The zero-order valence-corrected chi connectivity index (χ0v) is 11.0. The average molecular weight is 287 g/mol. The Hall–Kier alpha value is -1.03. The van der Waals surface area contributed by atoms with Crippen molar-refractivity contribution in [2.24, 2.45) is 5.92 Å². The van der Waals surface area contributed by atoms with E-state index in [-0.39, 0.29) is 5.56 Å². The summed E-state index contributed by atoms with van der Waals surface area (Å²) in [5.41, 5.74) is 0.192. The summed E-state index contributed by atoms with van der Waals surface area (Å²) in [6.45, 7) is 4.69. The largest absolute Gasteiger partial charge is 0.492 e. The Morgan fingerprint density at radius 2 is 2.25 bits per heavy atom. The second-order valence-corrected chi connectivity index (χ2v) is 4.69. The molecule has 0 heterocycles. The molecular weight excluding hydrogens is 272 g/mol. The van der Waals surface area contributed by atoms with Crippen molar-refractivity contribution >= 4 is 21.9 Å². The number of ether oxygens (including phenoxy) is 1. The zero-order valence-electron chi connectivity index (χ0n) is 9.37. The fourth-order valence-corrected chi connectivity index (χ4v) is 1.51. The summed E-state index contributed by atoms with van der Waals surface area (Å²) in [7, 11) is 0. The second kappa shape index (κ2) is 5.89. The molecule has 0 radical (unpaired) electrons. The lowest BCUT2D eigenvalue weighted by Crippen LogP contribution is -2.10. The van der Waals surface area contributed by atoms with E-state index in [0.29, 0.717) is 18.3 Å². The topological polar surface area (TPSA) is 46.5 Å². The van der Waals surface area contributed by atoms with Gasteiger partial charge in [-0.15, -0.1) is 0 Å². The number of carbonyl (C=O) groups is 1. The van der Waals surface area contributed by atoms with Crippen LogP contribution in [0.3, 0.4) is 0 Å². The lowest BCUT2D eigenvalue weighted by Gasteiger charge is -2.12. The Labute approximate surface area is 104 Å². The highest BCUT2D eigenvalue weighted by molar-refractivity contribution is 9.10. The van der Waals surface area contributed by atoms with Crippen molar-refractivity contribution in [3.05, 3.63) is 28.2 Å². The SMILES string of the molecule is CCC(C)COc1ccc(Br)cc1C(=O)O. The molecule has 0 amide bonds. The highest BCUT2D eigenvalue weighted by Gasteiger charge is 2.12. The monoisotopic (exact) mass is 286 g/mol. The van der Waals surface area contributed by atoms with E-state index in [1.807, 2.05) is 0 Å². The van der Waals surface area contributed by atoms with E-state index in [0.717, 1.165) is 10.9 Å². The van der Waals surface area contributed by atoms with E-state index in [4.69, 9.17) is 9.84 Å². The summed E-state index contributed by atoms with van der Waals surface area (Å²) in [5, 5.41) is 9.01. The number of carboxylic acid groups (broad SMARTS) is 1.